The summed E-state index contributed by atoms with van der Waals surface area (Å²) in [5.41, 5.74) is 0.723. The van der Waals surface area contributed by atoms with Crippen molar-refractivity contribution in [3.63, 3.8) is 0 Å². The number of sulfonamides is 1. The fraction of sp³-hybridized carbons (Fsp3) is 0.684. The number of morpholine rings is 1. The Morgan fingerprint density at radius 1 is 1.28 bits per heavy atom. The first-order chi connectivity index (χ1) is 13.7. The average Bonchev–Trinajstić information content (AvgIpc) is 3.05. The highest BCUT2D eigenvalue weighted by Gasteiger charge is 2.38. The van der Waals surface area contributed by atoms with Crippen molar-refractivity contribution in [2.45, 2.75) is 30.7 Å². The zero-order valence-electron chi connectivity index (χ0n) is 17.0. The van der Waals surface area contributed by atoms with Crippen LogP contribution in [0.2, 0.25) is 0 Å². The molecule has 0 saturated carbocycles. The van der Waals surface area contributed by atoms with Crippen LogP contribution in [0.3, 0.4) is 0 Å². The van der Waals surface area contributed by atoms with Gasteiger partial charge < -0.3 is 9.47 Å². The van der Waals surface area contributed by atoms with Crippen LogP contribution in [0.5, 0.6) is 5.75 Å². The predicted molar refractivity (Wildman–Crippen MR) is 111 cm³/mol. The van der Waals surface area contributed by atoms with Crippen LogP contribution < -0.4 is 4.74 Å². The van der Waals surface area contributed by atoms with Gasteiger partial charge in [0.2, 0.25) is 10.0 Å². The predicted octanol–water partition coefficient (Wildman–Crippen LogP) is 0.904. The Balaban J connectivity index is 1.80. The summed E-state index contributed by atoms with van der Waals surface area (Å²) in [7, 11) is -5.48. The van der Waals surface area contributed by atoms with E-state index in [1.165, 1.54) is 17.5 Å². The van der Waals surface area contributed by atoms with Crippen LogP contribution in [-0.2, 0) is 24.6 Å². The van der Waals surface area contributed by atoms with Crippen LogP contribution in [0.25, 0.3) is 0 Å². The molecule has 1 atom stereocenters. The van der Waals surface area contributed by atoms with E-state index in [4.69, 9.17) is 9.47 Å². The Morgan fingerprint density at radius 3 is 2.59 bits per heavy atom. The molecule has 3 rings (SSSR count). The minimum atomic E-state index is -3.81. The molecular weight excluding hydrogens is 416 g/mol. The van der Waals surface area contributed by atoms with Gasteiger partial charge in [-0.3, -0.25) is 4.90 Å². The number of hydrogen-bond acceptors (Lipinski definition) is 7. The van der Waals surface area contributed by atoms with Gasteiger partial charge in [0.05, 0.1) is 36.7 Å². The third-order valence-corrected chi connectivity index (χ3v) is 9.24. The standard InChI is InChI=1S/C19H30N2O6S2/c1-16-14-18(4-5-19(16)26-2)29(24,25)21(17-6-13-28(22,23)15-17)8-3-7-20-9-11-27-12-10-20/h4-5,14,17H,3,6-13,15H2,1-2H3. The molecule has 2 saturated heterocycles. The van der Waals surface area contributed by atoms with Crippen molar-refractivity contribution in [3.05, 3.63) is 23.8 Å². The minimum absolute atomic E-state index is 0.0365. The van der Waals surface area contributed by atoms with Gasteiger partial charge in [0.15, 0.2) is 9.84 Å². The molecule has 8 nitrogen and oxygen atoms in total. The molecule has 2 heterocycles. The van der Waals surface area contributed by atoms with Crippen LogP contribution in [0.4, 0.5) is 0 Å². The molecule has 1 aromatic carbocycles. The molecule has 1 aromatic rings. The maximum atomic E-state index is 13.4. The van der Waals surface area contributed by atoms with Crippen LogP contribution in [0.15, 0.2) is 23.1 Å². The Labute approximate surface area is 173 Å². The molecule has 2 aliphatic rings. The number of nitrogens with zero attached hydrogens (tertiary/aromatic N) is 2. The number of hydrogen-bond donors (Lipinski definition) is 0. The molecule has 2 aliphatic heterocycles. The van der Waals surface area contributed by atoms with Gasteiger partial charge in [0, 0.05) is 25.7 Å². The lowest BCUT2D eigenvalue weighted by molar-refractivity contribution is 0.0367. The topological polar surface area (TPSA) is 93.2 Å². The van der Waals surface area contributed by atoms with Gasteiger partial charge in [-0.15, -0.1) is 0 Å². The molecule has 0 amide bonds. The number of ether oxygens (including phenoxy) is 2. The molecule has 0 bridgehead atoms. The van der Waals surface area contributed by atoms with Gasteiger partial charge in [-0.1, -0.05) is 0 Å². The van der Waals surface area contributed by atoms with Crippen LogP contribution >= 0.6 is 0 Å². The summed E-state index contributed by atoms with van der Waals surface area (Å²) >= 11 is 0. The van der Waals surface area contributed by atoms with Gasteiger partial charge in [0.1, 0.15) is 5.75 Å². The maximum Gasteiger partial charge on any atom is 0.243 e. The highest BCUT2D eigenvalue weighted by Crippen LogP contribution is 2.28. The summed E-state index contributed by atoms with van der Waals surface area (Å²) in [5, 5.41) is 0. The lowest BCUT2D eigenvalue weighted by Gasteiger charge is -2.30. The van der Waals surface area contributed by atoms with E-state index in [0.717, 1.165) is 25.2 Å². The van der Waals surface area contributed by atoms with E-state index in [-0.39, 0.29) is 16.4 Å². The summed E-state index contributed by atoms with van der Waals surface area (Å²) in [5.74, 6) is 0.541. The van der Waals surface area contributed by atoms with Gasteiger partial charge in [0.25, 0.3) is 0 Å². The first-order valence-electron chi connectivity index (χ1n) is 9.90. The van der Waals surface area contributed by atoms with Crippen molar-refractivity contribution < 1.29 is 26.3 Å². The van der Waals surface area contributed by atoms with Crippen molar-refractivity contribution in [1.29, 1.82) is 0 Å². The second-order valence-corrected chi connectivity index (χ2v) is 11.7. The molecule has 0 aliphatic carbocycles. The molecule has 0 N–H and O–H groups in total. The fourth-order valence-electron chi connectivity index (χ4n) is 3.92. The largest absolute Gasteiger partial charge is 0.496 e. The highest BCUT2D eigenvalue weighted by molar-refractivity contribution is 7.92. The number of sulfone groups is 1. The molecular formula is C19H30N2O6S2. The third kappa shape index (κ3) is 5.49. The molecule has 0 spiro atoms. The lowest BCUT2D eigenvalue weighted by atomic mass is 10.2. The summed E-state index contributed by atoms with van der Waals surface area (Å²) < 4.78 is 62.8. The molecule has 2 fully saturated rings. The first-order valence-corrected chi connectivity index (χ1v) is 13.2. The van der Waals surface area contributed by atoms with Crippen molar-refractivity contribution in [2.24, 2.45) is 0 Å². The Hall–Kier alpha value is -1.20. The smallest absolute Gasteiger partial charge is 0.243 e. The monoisotopic (exact) mass is 446 g/mol. The first kappa shape index (κ1) is 22.5. The van der Waals surface area contributed by atoms with E-state index in [1.807, 2.05) is 0 Å². The molecule has 0 aromatic heterocycles. The van der Waals surface area contributed by atoms with Gasteiger partial charge in [-0.2, -0.15) is 4.31 Å². The van der Waals surface area contributed by atoms with Gasteiger partial charge >= 0.3 is 0 Å². The maximum absolute atomic E-state index is 13.4. The number of methoxy groups -OCH3 is 1. The van der Waals surface area contributed by atoms with Crippen LogP contribution in [0.1, 0.15) is 18.4 Å². The molecule has 0 radical (unpaired) electrons. The number of rotatable bonds is 8. The highest BCUT2D eigenvalue weighted by atomic mass is 32.2. The summed E-state index contributed by atoms with van der Waals surface area (Å²) in [6.07, 6.45) is 0.985. The van der Waals surface area contributed by atoms with E-state index >= 15 is 0 Å². The second-order valence-electron chi connectivity index (χ2n) is 7.61. The molecule has 1 unspecified atom stereocenters. The molecule has 29 heavy (non-hydrogen) atoms. The minimum Gasteiger partial charge on any atom is -0.496 e. The Bertz CT molecular complexity index is 911. The van der Waals surface area contributed by atoms with E-state index < -0.39 is 25.9 Å². The van der Waals surface area contributed by atoms with E-state index in [2.05, 4.69) is 4.90 Å². The molecule has 10 heteroatoms. The Morgan fingerprint density at radius 2 is 2.00 bits per heavy atom. The second kappa shape index (κ2) is 9.30. The quantitative estimate of drug-likeness (QED) is 0.586. The SMILES string of the molecule is COc1ccc(S(=O)(=O)N(CCCN2CCOCC2)C2CCS(=O)(=O)C2)cc1C. The number of benzene rings is 1. The normalized spacial score (nSPS) is 22.8. The van der Waals surface area contributed by atoms with Crippen molar-refractivity contribution >= 4 is 19.9 Å². The Kier molecular flexibility index (Phi) is 7.21. The summed E-state index contributed by atoms with van der Waals surface area (Å²) in [4.78, 5) is 2.42. The fourth-order valence-corrected chi connectivity index (χ4v) is 7.53. The lowest BCUT2D eigenvalue weighted by Crippen LogP contribution is -2.43. The van der Waals surface area contributed by atoms with Crippen LogP contribution in [0, 0.1) is 6.92 Å². The number of aryl methyl sites for hydroxylation is 1. The summed E-state index contributed by atoms with van der Waals surface area (Å²) in [6, 6.07) is 4.24. The van der Waals surface area contributed by atoms with Crippen molar-refractivity contribution in [2.75, 3.05) is 58.0 Å². The van der Waals surface area contributed by atoms with Crippen LogP contribution in [-0.4, -0.2) is 90.1 Å². The summed E-state index contributed by atoms with van der Waals surface area (Å²) in [6.45, 7) is 5.90. The van der Waals surface area contributed by atoms with Gasteiger partial charge in [-0.25, -0.2) is 16.8 Å². The van der Waals surface area contributed by atoms with Gasteiger partial charge in [-0.05, 0) is 50.1 Å². The van der Waals surface area contributed by atoms with E-state index in [1.54, 1.807) is 19.1 Å². The zero-order chi connectivity index (χ0) is 21.1. The van der Waals surface area contributed by atoms with E-state index in [9.17, 15) is 16.8 Å². The van der Waals surface area contributed by atoms with E-state index in [0.29, 0.717) is 38.3 Å². The third-order valence-electron chi connectivity index (χ3n) is 5.55. The average molecular weight is 447 g/mol. The molecule has 164 valence electrons. The van der Waals surface area contributed by atoms with Crippen molar-refractivity contribution in [3.8, 4) is 5.75 Å². The zero-order valence-corrected chi connectivity index (χ0v) is 18.7. The van der Waals surface area contributed by atoms with Crippen molar-refractivity contribution in [1.82, 2.24) is 9.21 Å².